The maximum Gasteiger partial charge on any atom is 0.332 e. The Kier molecular flexibility index (Phi) is 6.66. The molecule has 2 aromatic heterocycles. The molecule has 0 unspecified atom stereocenters. The lowest BCUT2D eigenvalue weighted by atomic mass is 10.2. The summed E-state index contributed by atoms with van der Waals surface area (Å²) in [5.41, 5.74) is 0.309. The molecule has 1 amide bonds. The SMILES string of the molecule is Cn1c(=O)c2c(nc(SCC(=O)N3CCOCC3)n2Cc2ccc(Cl)cc2Cl)n(C)c1=O. The molecule has 1 saturated heterocycles. The average Bonchev–Trinajstić information content (AvgIpc) is 3.15. The minimum absolute atomic E-state index is 0.0387. The molecule has 12 heteroatoms. The zero-order valence-electron chi connectivity index (χ0n) is 17.5. The lowest BCUT2D eigenvalue weighted by Gasteiger charge is -2.26. The van der Waals surface area contributed by atoms with Crippen molar-refractivity contribution in [1.29, 1.82) is 0 Å². The van der Waals surface area contributed by atoms with E-state index in [1.807, 2.05) is 0 Å². The van der Waals surface area contributed by atoms with Gasteiger partial charge in [-0.25, -0.2) is 9.78 Å². The van der Waals surface area contributed by atoms with E-state index in [0.717, 1.165) is 10.1 Å². The van der Waals surface area contributed by atoms with Gasteiger partial charge in [-0.05, 0) is 17.7 Å². The van der Waals surface area contributed by atoms with Gasteiger partial charge in [0.2, 0.25) is 5.91 Å². The van der Waals surface area contributed by atoms with Crippen molar-refractivity contribution in [2.75, 3.05) is 32.1 Å². The Balaban J connectivity index is 1.76. The van der Waals surface area contributed by atoms with Crippen LogP contribution in [0, 0.1) is 0 Å². The highest BCUT2D eigenvalue weighted by Crippen LogP contribution is 2.27. The molecule has 1 aliphatic heterocycles. The van der Waals surface area contributed by atoms with Crippen molar-refractivity contribution >= 4 is 52.0 Å². The van der Waals surface area contributed by atoms with Gasteiger partial charge in [0, 0.05) is 37.2 Å². The van der Waals surface area contributed by atoms with Crippen LogP contribution >= 0.6 is 35.0 Å². The van der Waals surface area contributed by atoms with E-state index in [9.17, 15) is 14.4 Å². The van der Waals surface area contributed by atoms with Crippen molar-refractivity contribution in [3.05, 3.63) is 54.6 Å². The fourth-order valence-electron chi connectivity index (χ4n) is 3.53. The summed E-state index contributed by atoms with van der Waals surface area (Å²) in [7, 11) is 2.98. The molecule has 0 radical (unpaired) electrons. The molecule has 0 N–H and O–H groups in total. The number of hydrogen-bond acceptors (Lipinski definition) is 6. The molecule has 1 aromatic carbocycles. The highest BCUT2D eigenvalue weighted by molar-refractivity contribution is 7.99. The van der Waals surface area contributed by atoms with Gasteiger partial charge < -0.3 is 14.2 Å². The number of fused-ring (bicyclic) bond motifs is 1. The summed E-state index contributed by atoms with van der Waals surface area (Å²) in [6.45, 7) is 2.36. The molecule has 170 valence electrons. The van der Waals surface area contributed by atoms with Gasteiger partial charge in [0.1, 0.15) is 0 Å². The summed E-state index contributed by atoms with van der Waals surface area (Å²) in [5.74, 6) is 0.106. The van der Waals surface area contributed by atoms with Crippen molar-refractivity contribution in [2.24, 2.45) is 14.1 Å². The van der Waals surface area contributed by atoms with Crippen LogP contribution in [0.25, 0.3) is 11.2 Å². The first-order valence-electron chi connectivity index (χ1n) is 9.86. The van der Waals surface area contributed by atoms with Crippen molar-refractivity contribution in [2.45, 2.75) is 11.7 Å². The minimum Gasteiger partial charge on any atom is -0.378 e. The number of thioether (sulfide) groups is 1. The maximum atomic E-state index is 13.0. The van der Waals surface area contributed by atoms with E-state index in [1.54, 1.807) is 34.7 Å². The van der Waals surface area contributed by atoms with Crippen LogP contribution in [0.15, 0.2) is 32.9 Å². The van der Waals surface area contributed by atoms with Gasteiger partial charge in [-0.2, -0.15) is 0 Å². The Morgan fingerprint density at radius 3 is 2.56 bits per heavy atom. The van der Waals surface area contributed by atoms with Crippen LogP contribution in [-0.2, 0) is 30.2 Å². The number of ether oxygens (including phenoxy) is 1. The topological polar surface area (TPSA) is 91.4 Å². The van der Waals surface area contributed by atoms with E-state index < -0.39 is 11.2 Å². The molecule has 0 aliphatic carbocycles. The molecule has 9 nitrogen and oxygen atoms in total. The van der Waals surface area contributed by atoms with E-state index in [2.05, 4.69) is 4.98 Å². The number of aryl methyl sites for hydroxylation is 1. The smallest absolute Gasteiger partial charge is 0.332 e. The van der Waals surface area contributed by atoms with E-state index >= 15 is 0 Å². The lowest BCUT2D eigenvalue weighted by molar-refractivity contribution is -0.132. The lowest BCUT2D eigenvalue weighted by Crippen LogP contribution is -2.41. The molecule has 32 heavy (non-hydrogen) atoms. The third-order valence-corrected chi connectivity index (χ3v) is 6.89. The normalized spacial score (nSPS) is 14.3. The summed E-state index contributed by atoms with van der Waals surface area (Å²) in [6.07, 6.45) is 0. The molecule has 0 spiro atoms. The average molecular weight is 498 g/mol. The number of carbonyl (C=O) groups is 1. The largest absolute Gasteiger partial charge is 0.378 e. The summed E-state index contributed by atoms with van der Waals surface area (Å²) in [6, 6.07) is 5.11. The van der Waals surface area contributed by atoms with Crippen LogP contribution in [0.5, 0.6) is 0 Å². The summed E-state index contributed by atoms with van der Waals surface area (Å²) in [4.78, 5) is 44.3. The molecule has 4 rings (SSSR count). The number of aromatic nitrogens is 4. The number of morpholine rings is 1. The Morgan fingerprint density at radius 1 is 1.16 bits per heavy atom. The van der Waals surface area contributed by atoms with E-state index in [1.165, 1.54) is 23.4 Å². The molecule has 0 saturated carbocycles. The molecule has 1 aliphatic rings. The van der Waals surface area contributed by atoms with Gasteiger partial charge in [-0.1, -0.05) is 41.0 Å². The zero-order valence-corrected chi connectivity index (χ0v) is 19.8. The van der Waals surface area contributed by atoms with Gasteiger partial charge >= 0.3 is 5.69 Å². The Bertz CT molecular complexity index is 1310. The third-order valence-electron chi connectivity index (χ3n) is 5.35. The van der Waals surface area contributed by atoms with Crippen LogP contribution in [-0.4, -0.2) is 61.5 Å². The number of hydrogen-bond donors (Lipinski definition) is 0. The first-order chi connectivity index (χ1) is 15.3. The standard InChI is InChI=1S/C20H21Cl2N5O4S/c1-24-17-16(18(29)25(2)20(24)30)27(10-12-3-4-13(21)9-14(12)22)19(23-17)32-11-15(28)26-5-7-31-8-6-26/h3-4,9H,5-8,10-11H2,1-2H3. The summed E-state index contributed by atoms with van der Waals surface area (Å²) < 4.78 is 9.36. The summed E-state index contributed by atoms with van der Waals surface area (Å²) in [5, 5.41) is 1.39. The second kappa shape index (κ2) is 9.30. The molecule has 3 aromatic rings. The van der Waals surface area contributed by atoms with Crippen LogP contribution in [0.4, 0.5) is 0 Å². The second-order valence-electron chi connectivity index (χ2n) is 7.38. The van der Waals surface area contributed by atoms with Gasteiger partial charge in [0.25, 0.3) is 5.56 Å². The van der Waals surface area contributed by atoms with Crippen molar-refractivity contribution in [3.63, 3.8) is 0 Å². The number of halogens is 2. The van der Waals surface area contributed by atoms with Crippen molar-refractivity contribution in [1.82, 2.24) is 23.6 Å². The van der Waals surface area contributed by atoms with Crippen LogP contribution in [0.3, 0.4) is 0 Å². The molecule has 0 bridgehead atoms. The second-order valence-corrected chi connectivity index (χ2v) is 9.16. The van der Waals surface area contributed by atoms with Crippen molar-refractivity contribution < 1.29 is 9.53 Å². The van der Waals surface area contributed by atoms with Crippen molar-refractivity contribution in [3.8, 4) is 0 Å². The third kappa shape index (κ3) is 4.32. The van der Waals surface area contributed by atoms with E-state index in [-0.39, 0.29) is 29.4 Å². The quantitative estimate of drug-likeness (QED) is 0.498. The summed E-state index contributed by atoms with van der Waals surface area (Å²) >= 11 is 13.6. The number of imidazole rings is 1. The molecule has 1 fully saturated rings. The first kappa shape index (κ1) is 22.9. The van der Waals surface area contributed by atoms with E-state index in [0.29, 0.717) is 41.5 Å². The van der Waals surface area contributed by atoms with Gasteiger partial charge in [0.05, 0.1) is 25.5 Å². The molecule has 3 heterocycles. The van der Waals surface area contributed by atoms with Gasteiger partial charge in [0.15, 0.2) is 16.3 Å². The monoisotopic (exact) mass is 497 g/mol. The Morgan fingerprint density at radius 2 is 1.88 bits per heavy atom. The molecule has 0 atom stereocenters. The number of amides is 1. The number of rotatable bonds is 5. The highest BCUT2D eigenvalue weighted by atomic mass is 35.5. The number of carbonyl (C=O) groups excluding carboxylic acids is 1. The van der Waals surface area contributed by atoms with Crippen LogP contribution in [0.1, 0.15) is 5.56 Å². The fraction of sp³-hybridized carbons (Fsp3) is 0.400. The van der Waals surface area contributed by atoms with E-state index in [4.69, 9.17) is 27.9 Å². The Labute approximate surface area is 197 Å². The number of nitrogens with zero attached hydrogens (tertiary/aromatic N) is 5. The van der Waals surface area contributed by atoms with Gasteiger partial charge in [-0.15, -0.1) is 0 Å². The van der Waals surface area contributed by atoms with Crippen LogP contribution < -0.4 is 11.2 Å². The predicted molar refractivity (Wildman–Crippen MR) is 124 cm³/mol. The van der Waals surface area contributed by atoms with Crippen LogP contribution in [0.2, 0.25) is 10.0 Å². The fourth-order valence-corrected chi connectivity index (χ4v) is 4.90. The molecular formula is C20H21Cl2N5O4S. The zero-order chi connectivity index (χ0) is 23.0. The highest BCUT2D eigenvalue weighted by Gasteiger charge is 2.23. The first-order valence-corrected chi connectivity index (χ1v) is 11.6. The minimum atomic E-state index is -0.474. The van der Waals surface area contributed by atoms with Gasteiger partial charge in [-0.3, -0.25) is 18.7 Å². The number of benzene rings is 1. The molecular weight excluding hydrogens is 477 g/mol. The predicted octanol–water partition coefficient (Wildman–Crippen LogP) is 1.74. The maximum absolute atomic E-state index is 13.0. The Hall–Kier alpha value is -2.27.